The van der Waals surface area contributed by atoms with Crippen molar-refractivity contribution >= 4 is 39.1 Å². The number of nitrogens with zero attached hydrogens (tertiary/aromatic N) is 3. The zero-order valence-electron chi connectivity index (χ0n) is 15.2. The van der Waals surface area contributed by atoms with Gasteiger partial charge in [-0.1, -0.05) is 12.1 Å². The summed E-state index contributed by atoms with van der Waals surface area (Å²) >= 11 is 1.38. The van der Waals surface area contributed by atoms with Gasteiger partial charge in [0.25, 0.3) is 5.91 Å². The molecule has 27 heavy (non-hydrogen) atoms. The molecular formula is C20H22N4O2S. The Bertz CT molecular complexity index is 929. The third-order valence-corrected chi connectivity index (χ3v) is 5.49. The van der Waals surface area contributed by atoms with Crippen LogP contribution < -0.4 is 15.0 Å². The fourth-order valence-corrected chi connectivity index (χ4v) is 3.95. The average Bonchev–Trinajstić information content (AvgIpc) is 3.19. The van der Waals surface area contributed by atoms with Crippen LogP contribution in [0.3, 0.4) is 0 Å². The van der Waals surface area contributed by atoms with Crippen molar-refractivity contribution in [2.45, 2.75) is 32.2 Å². The van der Waals surface area contributed by atoms with Gasteiger partial charge in [-0.25, -0.2) is 9.97 Å². The highest BCUT2D eigenvalue weighted by atomic mass is 32.1. The summed E-state index contributed by atoms with van der Waals surface area (Å²) in [4.78, 5) is 23.3. The number of carbonyl (C=O) groups excluding carboxylic acids is 1. The summed E-state index contributed by atoms with van der Waals surface area (Å²) in [5, 5.41) is 6.11. The second-order valence-corrected chi connectivity index (χ2v) is 7.60. The number of anilines is 2. The van der Waals surface area contributed by atoms with E-state index in [1.54, 1.807) is 6.20 Å². The number of nitrogens with one attached hydrogen (secondary N) is 1. The van der Waals surface area contributed by atoms with Crippen molar-refractivity contribution in [3.05, 3.63) is 41.9 Å². The van der Waals surface area contributed by atoms with Gasteiger partial charge in [-0.15, -0.1) is 11.3 Å². The van der Waals surface area contributed by atoms with Crippen molar-refractivity contribution in [1.29, 1.82) is 0 Å². The second-order valence-electron chi connectivity index (χ2n) is 6.71. The first-order chi connectivity index (χ1) is 13.2. The van der Waals surface area contributed by atoms with Gasteiger partial charge in [-0.2, -0.15) is 0 Å². The largest absolute Gasteiger partial charge is 0.481 e. The SMILES string of the molecule is CC1CCCCN1c1ccc2cccc(OCC(=O)Nc3nccs3)c2n1. The number of ether oxygens (including phenoxy) is 1. The van der Waals surface area contributed by atoms with Gasteiger partial charge in [0.2, 0.25) is 0 Å². The number of para-hydroxylation sites is 1. The number of piperidine rings is 1. The number of aromatic nitrogens is 2. The molecule has 0 radical (unpaired) electrons. The predicted octanol–water partition coefficient (Wildman–Crippen LogP) is 4.09. The molecule has 1 fully saturated rings. The molecule has 1 N–H and O–H groups in total. The Morgan fingerprint density at radius 1 is 1.33 bits per heavy atom. The maximum absolute atomic E-state index is 12.1. The summed E-state index contributed by atoms with van der Waals surface area (Å²) < 4.78 is 5.78. The third-order valence-electron chi connectivity index (χ3n) is 4.80. The maximum Gasteiger partial charge on any atom is 0.264 e. The zero-order valence-corrected chi connectivity index (χ0v) is 16.0. The van der Waals surface area contributed by atoms with Gasteiger partial charge in [0.15, 0.2) is 11.7 Å². The molecule has 0 bridgehead atoms. The molecular weight excluding hydrogens is 360 g/mol. The van der Waals surface area contributed by atoms with Crippen molar-refractivity contribution in [1.82, 2.24) is 9.97 Å². The molecule has 1 saturated heterocycles. The Morgan fingerprint density at radius 3 is 3.07 bits per heavy atom. The summed E-state index contributed by atoms with van der Waals surface area (Å²) in [5.74, 6) is 1.36. The second kappa shape index (κ2) is 7.92. The van der Waals surface area contributed by atoms with Gasteiger partial charge in [-0.05, 0) is 44.4 Å². The van der Waals surface area contributed by atoms with Gasteiger partial charge in [0.05, 0.1) is 0 Å². The lowest BCUT2D eigenvalue weighted by atomic mass is 10.0. The number of fused-ring (bicyclic) bond motifs is 1. The summed E-state index contributed by atoms with van der Waals surface area (Å²) in [6, 6.07) is 10.4. The highest BCUT2D eigenvalue weighted by Gasteiger charge is 2.20. The maximum atomic E-state index is 12.1. The molecule has 0 aliphatic carbocycles. The molecule has 1 aliphatic rings. The molecule has 1 amide bonds. The summed E-state index contributed by atoms with van der Waals surface area (Å²) in [7, 11) is 0. The lowest BCUT2D eigenvalue weighted by Gasteiger charge is -2.34. The molecule has 140 valence electrons. The molecule has 4 rings (SSSR count). The van der Waals surface area contributed by atoms with Crippen LogP contribution >= 0.6 is 11.3 Å². The Balaban J connectivity index is 1.53. The molecule has 0 spiro atoms. The van der Waals surface area contributed by atoms with E-state index in [1.165, 1.54) is 30.6 Å². The molecule has 1 atom stereocenters. The molecule has 0 saturated carbocycles. The number of carbonyl (C=O) groups is 1. The smallest absolute Gasteiger partial charge is 0.264 e. The quantitative estimate of drug-likeness (QED) is 0.720. The number of thiazole rings is 1. The lowest BCUT2D eigenvalue weighted by Crippen LogP contribution is -2.37. The van der Waals surface area contributed by atoms with Gasteiger partial charge >= 0.3 is 0 Å². The van der Waals surface area contributed by atoms with Gasteiger partial charge in [0.1, 0.15) is 17.1 Å². The van der Waals surface area contributed by atoms with Crippen molar-refractivity contribution in [3.8, 4) is 5.75 Å². The molecule has 1 aliphatic heterocycles. The standard InChI is InChI=1S/C20H22N4O2S/c1-14-5-2-3-11-24(14)17-9-8-15-6-4-7-16(19(15)22-17)26-13-18(25)23-20-21-10-12-27-20/h4,6-10,12,14H,2-3,5,11,13H2,1H3,(H,21,23,25). The van der Waals surface area contributed by atoms with Gasteiger partial charge in [-0.3, -0.25) is 10.1 Å². The van der Waals surface area contributed by atoms with Crippen LogP contribution in [0, 0.1) is 0 Å². The van der Waals surface area contributed by atoms with Crippen molar-refractivity contribution in [3.63, 3.8) is 0 Å². The van der Waals surface area contributed by atoms with Crippen molar-refractivity contribution in [2.75, 3.05) is 23.4 Å². The van der Waals surface area contributed by atoms with Crippen molar-refractivity contribution in [2.24, 2.45) is 0 Å². The van der Waals surface area contributed by atoms with E-state index in [1.807, 2.05) is 23.6 Å². The normalized spacial score (nSPS) is 17.1. The fraction of sp³-hybridized carbons (Fsp3) is 0.350. The van der Waals surface area contributed by atoms with E-state index >= 15 is 0 Å². The first-order valence-corrected chi connectivity index (χ1v) is 10.1. The minimum atomic E-state index is -0.234. The predicted molar refractivity (Wildman–Crippen MR) is 109 cm³/mol. The summed E-state index contributed by atoms with van der Waals surface area (Å²) in [6.07, 6.45) is 5.31. The first kappa shape index (κ1) is 17.7. The molecule has 6 nitrogen and oxygen atoms in total. The minimum absolute atomic E-state index is 0.0787. The van der Waals surface area contributed by atoms with E-state index in [9.17, 15) is 4.79 Å². The number of amides is 1. The van der Waals surface area contributed by atoms with Crippen molar-refractivity contribution < 1.29 is 9.53 Å². The summed E-state index contributed by atoms with van der Waals surface area (Å²) in [5.41, 5.74) is 0.787. The van der Waals surface area contributed by atoms with Crippen LogP contribution in [-0.2, 0) is 4.79 Å². The number of benzene rings is 1. The third kappa shape index (κ3) is 4.03. The first-order valence-electron chi connectivity index (χ1n) is 9.19. The highest BCUT2D eigenvalue weighted by Crippen LogP contribution is 2.29. The molecule has 3 heterocycles. The molecule has 7 heteroatoms. The van der Waals surface area contributed by atoms with E-state index < -0.39 is 0 Å². The molecule has 1 aromatic carbocycles. The van der Waals surface area contributed by atoms with Crippen LogP contribution in [0.2, 0.25) is 0 Å². The Hall–Kier alpha value is -2.67. The van der Waals surface area contributed by atoms with E-state index in [4.69, 9.17) is 9.72 Å². The number of hydrogen-bond donors (Lipinski definition) is 1. The van der Waals surface area contributed by atoms with Crippen LogP contribution in [0.15, 0.2) is 41.9 Å². The molecule has 3 aromatic rings. The van der Waals surface area contributed by atoms with E-state index in [0.29, 0.717) is 16.9 Å². The number of pyridine rings is 1. The summed E-state index contributed by atoms with van der Waals surface area (Å²) in [6.45, 7) is 3.19. The topological polar surface area (TPSA) is 67.3 Å². The Labute approximate surface area is 162 Å². The van der Waals surface area contributed by atoms with Crippen LogP contribution in [0.5, 0.6) is 5.75 Å². The Kier molecular flexibility index (Phi) is 5.20. The fourth-order valence-electron chi connectivity index (χ4n) is 3.41. The highest BCUT2D eigenvalue weighted by molar-refractivity contribution is 7.13. The van der Waals surface area contributed by atoms with E-state index in [-0.39, 0.29) is 12.5 Å². The monoisotopic (exact) mass is 382 g/mol. The average molecular weight is 382 g/mol. The number of hydrogen-bond acceptors (Lipinski definition) is 6. The van der Waals surface area contributed by atoms with Gasteiger partial charge < -0.3 is 9.64 Å². The zero-order chi connectivity index (χ0) is 18.6. The van der Waals surface area contributed by atoms with Gasteiger partial charge in [0, 0.05) is 29.5 Å². The van der Waals surface area contributed by atoms with E-state index in [2.05, 4.69) is 34.3 Å². The van der Waals surface area contributed by atoms with Crippen LogP contribution in [-0.4, -0.2) is 35.1 Å². The van der Waals surface area contributed by atoms with Crippen LogP contribution in [0.1, 0.15) is 26.2 Å². The van der Waals surface area contributed by atoms with E-state index in [0.717, 1.165) is 23.3 Å². The van der Waals surface area contributed by atoms with Crippen LogP contribution in [0.4, 0.5) is 10.9 Å². The van der Waals surface area contributed by atoms with Crippen LogP contribution in [0.25, 0.3) is 10.9 Å². The Morgan fingerprint density at radius 2 is 2.26 bits per heavy atom. The lowest BCUT2D eigenvalue weighted by molar-refractivity contribution is -0.118. The molecule has 2 aromatic heterocycles. The number of rotatable bonds is 5. The minimum Gasteiger partial charge on any atom is -0.481 e. The molecule has 1 unspecified atom stereocenters.